The summed E-state index contributed by atoms with van der Waals surface area (Å²) in [6.45, 7) is 6.78. The minimum atomic E-state index is -0.380. The standard InChI is InChI=1S/C24H29N3O4/c1-18-8-10-19(11-9-18)20(17-26-13-15-30-16-14-26)25-23(28)7-4-12-27-21-5-2-3-6-22(21)31-24(27)29/h2-3,5-6,8-11,20H,4,7,12-17H2,1H3,(H,25,28)/p+1/t20-/m1/s1. The van der Waals surface area contributed by atoms with E-state index in [4.69, 9.17) is 9.15 Å². The topological polar surface area (TPSA) is 77.9 Å². The summed E-state index contributed by atoms with van der Waals surface area (Å²) in [5, 5.41) is 3.22. The first-order valence-electron chi connectivity index (χ1n) is 11.0. The van der Waals surface area contributed by atoms with E-state index in [1.54, 1.807) is 10.6 Å². The van der Waals surface area contributed by atoms with Crippen molar-refractivity contribution >= 4 is 17.0 Å². The molecule has 7 heteroatoms. The molecule has 1 aliphatic rings. The summed E-state index contributed by atoms with van der Waals surface area (Å²) in [5.41, 5.74) is 3.66. The fourth-order valence-electron chi connectivity index (χ4n) is 4.09. The quantitative estimate of drug-likeness (QED) is 0.574. The molecule has 0 aliphatic carbocycles. The first-order valence-corrected chi connectivity index (χ1v) is 11.0. The number of oxazole rings is 1. The number of nitrogens with one attached hydrogen (secondary N) is 2. The van der Waals surface area contributed by atoms with Gasteiger partial charge in [0.2, 0.25) is 5.91 Å². The predicted octanol–water partition coefficient (Wildman–Crippen LogP) is 1.46. The van der Waals surface area contributed by atoms with Crippen LogP contribution in [0.1, 0.15) is 30.0 Å². The highest BCUT2D eigenvalue weighted by atomic mass is 16.5. The first-order chi connectivity index (χ1) is 15.1. The zero-order valence-electron chi connectivity index (χ0n) is 17.9. The van der Waals surface area contributed by atoms with E-state index in [-0.39, 0.29) is 17.7 Å². The Bertz CT molecular complexity index is 1060. The van der Waals surface area contributed by atoms with Crippen LogP contribution in [0.15, 0.2) is 57.7 Å². The summed E-state index contributed by atoms with van der Waals surface area (Å²) >= 11 is 0. The van der Waals surface area contributed by atoms with Gasteiger partial charge in [0.05, 0.1) is 18.7 Å². The van der Waals surface area contributed by atoms with Crippen LogP contribution in [0.4, 0.5) is 0 Å². The van der Waals surface area contributed by atoms with E-state index in [0.29, 0.717) is 25.0 Å². The number of carbonyl (C=O) groups excluding carboxylic acids is 1. The van der Waals surface area contributed by atoms with Crippen LogP contribution in [0.25, 0.3) is 11.1 Å². The van der Waals surface area contributed by atoms with Crippen LogP contribution < -0.4 is 16.0 Å². The normalized spacial score (nSPS) is 15.8. The second-order valence-corrected chi connectivity index (χ2v) is 8.19. The number of fused-ring (bicyclic) bond motifs is 1. The number of morpholine rings is 1. The Morgan fingerprint density at radius 2 is 1.87 bits per heavy atom. The predicted molar refractivity (Wildman–Crippen MR) is 118 cm³/mol. The lowest BCUT2D eigenvalue weighted by Crippen LogP contribution is -3.14. The molecule has 31 heavy (non-hydrogen) atoms. The number of quaternary nitrogens is 1. The molecule has 1 saturated heterocycles. The van der Waals surface area contributed by atoms with Crippen LogP contribution in [0.3, 0.4) is 0 Å². The zero-order chi connectivity index (χ0) is 21.6. The number of para-hydroxylation sites is 2. The van der Waals surface area contributed by atoms with Crippen molar-refractivity contribution in [2.45, 2.75) is 32.4 Å². The monoisotopic (exact) mass is 424 g/mol. The fourth-order valence-corrected chi connectivity index (χ4v) is 4.09. The highest BCUT2D eigenvalue weighted by Crippen LogP contribution is 2.15. The maximum Gasteiger partial charge on any atom is 0.419 e. The van der Waals surface area contributed by atoms with E-state index in [1.165, 1.54) is 10.5 Å². The third-order valence-electron chi connectivity index (χ3n) is 5.87. The Morgan fingerprint density at radius 1 is 1.13 bits per heavy atom. The molecule has 1 aromatic heterocycles. The number of rotatable bonds is 8. The molecular weight excluding hydrogens is 394 g/mol. The average molecular weight is 425 g/mol. The number of aryl methyl sites for hydroxylation is 2. The number of hydrogen-bond acceptors (Lipinski definition) is 4. The number of amides is 1. The maximum atomic E-state index is 12.8. The van der Waals surface area contributed by atoms with E-state index in [1.807, 2.05) is 18.2 Å². The van der Waals surface area contributed by atoms with Gasteiger partial charge in [0.1, 0.15) is 25.7 Å². The van der Waals surface area contributed by atoms with E-state index in [9.17, 15) is 9.59 Å². The molecule has 1 atom stereocenters. The van der Waals surface area contributed by atoms with Crippen molar-refractivity contribution in [1.82, 2.24) is 9.88 Å². The highest BCUT2D eigenvalue weighted by Gasteiger charge is 2.23. The fraction of sp³-hybridized carbons (Fsp3) is 0.417. The van der Waals surface area contributed by atoms with Gasteiger partial charge in [-0.1, -0.05) is 42.0 Å². The summed E-state index contributed by atoms with van der Waals surface area (Å²) in [6, 6.07) is 15.7. The molecule has 1 aliphatic heterocycles. The van der Waals surface area contributed by atoms with E-state index < -0.39 is 0 Å². The molecular formula is C24H30N3O4+. The number of carbonyl (C=O) groups is 1. The minimum Gasteiger partial charge on any atom is -0.408 e. The number of hydrogen-bond donors (Lipinski definition) is 2. The van der Waals surface area contributed by atoms with E-state index in [2.05, 4.69) is 36.5 Å². The smallest absolute Gasteiger partial charge is 0.408 e. The molecule has 2 aromatic carbocycles. The summed E-state index contributed by atoms with van der Waals surface area (Å²) in [6.07, 6.45) is 0.924. The van der Waals surface area contributed by atoms with Gasteiger partial charge in [-0.05, 0) is 31.0 Å². The SMILES string of the molecule is Cc1ccc([C@@H](C[NH+]2CCOCC2)NC(=O)CCCn2c(=O)oc3ccccc32)cc1. The van der Waals surface area contributed by atoms with Gasteiger partial charge in [-0.3, -0.25) is 9.36 Å². The van der Waals surface area contributed by atoms with Crippen LogP contribution >= 0.6 is 0 Å². The largest absolute Gasteiger partial charge is 0.419 e. The molecule has 0 saturated carbocycles. The maximum absolute atomic E-state index is 12.8. The van der Waals surface area contributed by atoms with Crippen molar-refractivity contribution < 1.29 is 18.8 Å². The second-order valence-electron chi connectivity index (χ2n) is 8.19. The van der Waals surface area contributed by atoms with Crippen molar-refractivity contribution in [2.75, 3.05) is 32.8 Å². The van der Waals surface area contributed by atoms with Gasteiger partial charge in [-0.2, -0.15) is 0 Å². The summed E-state index contributed by atoms with van der Waals surface area (Å²) in [4.78, 5) is 26.3. The van der Waals surface area contributed by atoms with Crippen molar-refractivity contribution in [1.29, 1.82) is 0 Å². The molecule has 4 rings (SSSR count). The number of aromatic nitrogens is 1. The van der Waals surface area contributed by atoms with Gasteiger partial charge < -0.3 is 19.4 Å². The van der Waals surface area contributed by atoms with Crippen LogP contribution in [-0.4, -0.2) is 43.3 Å². The Hall–Kier alpha value is -2.90. The van der Waals surface area contributed by atoms with Gasteiger partial charge >= 0.3 is 5.76 Å². The molecule has 7 nitrogen and oxygen atoms in total. The van der Waals surface area contributed by atoms with Gasteiger partial charge in [-0.15, -0.1) is 0 Å². The Labute approximate surface area is 181 Å². The molecule has 0 radical (unpaired) electrons. The van der Waals surface area contributed by atoms with Gasteiger partial charge in [0, 0.05) is 13.0 Å². The molecule has 164 valence electrons. The first kappa shape index (κ1) is 21.3. The zero-order valence-corrected chi connectivity index (χ0v) is 17.9. The number of benzene rings is 2. The molecule has 0 spiro atoms. The summed E-state index contributed by atoms with van der Waals surface area (Å²) < 4.78 is 12.3. The lowest BCUT2D eigenvalue weighted by atomic mass is 10.0. The molecule has 0 unspecified atom stereocenters. The Balaban J connectivity index is 1.37. The summed E-state index contributed by atoms with van der Waals surface area (Å²) in [7, 11) is 0. The molecule has 2 N–H and O–H groups in total. The highest BCUT2D eigenvalue weighted by molar-refractivity contribution is 5.76. The lowest BCUT2D eigenvalue weighted by molar-refractivity contribution is -0.909. The molecule has 3 aromatic rings. The van der Waals surface area contributed by atoms with E-state index in [0.717, 1.165) is 43.9 Å². The molecule has 2 heterocycles. The summed E-state index contributed by atoms with van der Waals surface area (Å²) in [5.74, 6) is -0.380. The third kappa shape index (κ3) is 5.42. The minimum absolute atomic E-state index is 0.000848. The number of nitrogens with zero attached hydrogens (tertiary/aromatic N) is 1. The number of ether oxygens (including phenoxy) is 1. The van der Waals surface area contributed by atoms with Crippen LogP contribution in [0, 0.1) is 6.92 Å². The van der Waals surface area contributed by atoms with Crippen molar-refractivity contribution in [3.63, 3.8) is 0 Å². The molecule has 0 bridgehead atoms. The lowest BCUT2D eigenvalue weighted by Gasteiger charge is -2.28. The van der Waals surface area contributed by atoms with E-state index >= 15 is 0 Å². The van der Waals surface area contributed by atoms with Crippen molar-refractivity contribution in [3.05, 3.63) is 70.2 Å². The van der Waals surface area contributed by atoms with Crippen LogP contribution in [0.2, 0.25) is 0 Å². The molecule has 1 fully saturated rings. The van der Waals surface area contributed by atoms with Crippen LogP contribution in [-0.2, 0) is 16.1 Å². The third-order valence-corrected chi connectivity index (χ3v) is 5.87. The Kier molecular flexibility index (Phi) is 6.84. The van der Waals surface area contributed by atoms with Gasteiger partial charge in [-0.25, -0.2) is 4.79 Å². The van der Waals surface area contributed by atoms with Crippen molar-refractivity contribution in [2.24, 2.45) is 0 Å². The molecule has 1 amide bonds. The van der Waals surface area contributed by atoms with Crippen LogP contribution in [0.5, 0.6) is 0 Å². The average Bonchev–Trinajstić information content (AvgIpc) is 3.10. The van der Waals surface area contributed by atoms with Gasteiger partial charge in [0.15, 0.2) is 5.58 Å². The van der Waals surface area contributed by atoms with Crippen molar-refractivity contribution in [3.8, 4) is 0 Å². The van der Waals surface area contributed by atoms with Gasteiger partial charge in [0.25, 0.3) is 0 Å². The Morgan fingerprint density at radius 3 is 2.65 bits per heavy atom. The second kappa shape index (κ2) is 9.94.